The highest BCUT2D eigenvalue weighted by molar-refractivity contribution is 5.98. The number of nitro benzene ring substituents is 1. The van der Waals surface area contributed by atoms with Crippen molar-refractivity contribution in [3.05, 3.63) is 40.1 Å². The molecule has 0 atom stereocenters. The lowest BCUT2D eigenvalue weighted by Crippen LogP contribution is -2.27. The van der Waals surface area contributed by atoms with E-state index in [1.165, 1.54) is 12.1 Å². The number of amides is 1. The Labute approximate surface area is 113 Å². The maximum absolute atomic E-state index is 11.8. The molecule has 2 aromatic rings. The fourth-order valence-electron chi connectivity index (χ4n) is 1.76. The monoisotopic (exact) mass is 275 g/mol. The third-order valence-corrected chi connectivity index (χ3v) is 2.74. The molecule has 0 radical (unpaired) electrons. The number of fused-ring (bicyclic) bond motifs is 1. The summed E-state index contributed by atoms with van der Waals surface area (Å²) in [4.78, 5) is 24.9. The Morgan fingerprint density at radius 2 is 2.20 bits per heavy atom. The molecular formula is C12H13N5O3. The first-order chi connectivity index (χ1) is 9.47. The Morgan fingerprint density at radius 1 is 1.45 bits per heavy atom. The van der Waals surface area contributed by atoms with Crippen LogP contribution < -0.4 is 11.1 Å². The van der Waals surface area contributed by atoms with Crippen molar-refractivity contribution in [1.82, 2.24) is 10.3 Å². The number of nitrogens with two attached hydrogens (primary N) is 1. The fraction of sp³-hybridized carbons (Fsp3) is 0.167. The molecule has 1 amide bonds. The van der Waals surface area contributed by atoms with E-state index in [0.29, 0.717) is 16.6 Å². The SMILES string of the molecule is N=C(N)CCNC(=O)c1cc2cc([N+](=O)[O-])ccc2[nH]1. The van der Waals surface area contributed by atoms with Crippen molar-refractivity contribution in [2.75, 3.05) is 6.54 Å². The molecule has 0 spiro atoms. The van der Waals surface area contributed by atoms with Crippen LogP contribution in [0.15, 0.2) is 24.3 Å². The molecule has 1 heterocycles. The number of hydrogen-bond donors (Lipinski definition) is 4. The summed E-state index contributed by atoms with van der Waals surface area (Å²) in [7, 11) is 0. The zero-order valence-corrected chi connectivity index (χ0v) is 10.5. The van der Waals surface area contributed by atoms with Crippen LogP contribution in [-0.2, 0) is 0 Å². The number of rotatable bonds is 5. The summed E-state index contributed by atoms with van der Waals surface area (Å²) < 4.78 is 0. The van der Waals surface area contributed by atoms with Gasteiger partial charge in [0, 0.05) is 36.0 Å². The van der Waals surface area contributed by atoms with E-state index >= 15 is 0 Å². The molecule has 0 aliphatic carbocycles. The molecule has 1 aromatic carbocycles. The first-order valence-corrected chi connectivity index (χ1v) is 5.85. The number of nitrogens with one attached hydrogen (secondary N) is 3. The van der Waals surface area contributed by atoms with Gasteiger partial charge in [-0.3, -0.25) is 20.3 Å². The van der Waals surface area contributed by atoms with Gasteiger partial charge in [-0.15, -0.1) is 0 Å². The van der Waals surface area contributed by atoms with Crippen molar-refractivity contribution in [2.24, 2.45) is 5.73 Å². The summed E-state index contributed by atoms with van der Waals surface area (Å²) in [5.41, 5.74) is 6.11. The number of benzene rings is 1. The van der Waals surface area contributed by atoms with Gasteiger partial charge in [-0.1, -0.05) is 0 Å². The Bertz CT molecular complexity index is 691. The number of carbonyl (C=O) groups is 1. The van der Waals surface area contributed by atoms with Gasteiger partial charge in [0.1, 0.15) is 5.69 Å². The van der Waals surface area contributed by atoms with Crippen molar-refractivity contribution >= 4 is 28.3 Å². The highest BCUT2D eigenvalue weighted by atomic mass is 16.6. The number of hydrogen-bond acceptors (Lipinski definition) is 4. The number of carbonyl (C=O) groups excluding carboxylic acids is 1. The van der Waals surface area contributed by atoms with Gasteiger partial charge in [-0.2, -0.15) is 0 Å². The third kappa shape index (κ3) is 2.91. The standard InChI is InChI=1S/C12H13N5O3/c13-11(14)3-4-15-12(18)10-6-7-5-8(17(19)20)1-2-9(7)16-10/h1-2,5-6,16H,3-4H2,(H3,13,14)(H,15,18). The quantitative estimate of drug-likeness (QED) is 0.281. The average Bonchev–Trinajstić information content (AvgIpc) is 2.80. The molecule has 8 heteroatoms. The highest BCUT2D eigenvalue weighted by Gasteiger charge is 2.12. The molecule has 0 saturated heterocycles. The molecule has 0 bridgehead atoms. The largest absolute Gasteiger partial charge is 0.388 e. The molecule has 2 rings (SSSR count). The van der Waals surface area contributed by atoms with Crippen LogP contribution in [0.5, 0.6) is 0 Å². The molecule has 1 aromatic heterocycles. The minimum absolute atomic E-state index is 0.00225. The van der Waals surface area contributed by atoms with Crippen molar-refractivity contribution in [1.29, 1.82) is 5.41 Å². The summed E-state index contributed by atoms with van der Waals surface area (Å²) in [6.45, 7) is 0.268. The van der Waals surface area contributed by atoms with E-state index in [9.17, 15) is 14.9 Å². The van der Waals surface area contributed by atoms with E-state index in [2.05, 4.69) is 10.3 Å². The number of aromatic amines is 1. The summed E-state index contributed by atoms with van der Waals surface area (Å²) in [5.74, 6) is -0.345. The summed E-state index contributed by atoms with van der Waals surface area (Å²) >= 11 is 0. The van der Waals surface area contributed by atoms with Gasteiger partial charge in [0.2, 0.25) is 0 Å². The van der Waals surface area contributed by atoms with Crippen LogP contribution in [0, 0.1) is 15.5 Å². The van der Waals surface area contributed by atoms with Crippen molar-refractivity contribution in [3.63, 3.8) is 0 Å². The minimum Gasteiger partial charge on any atom is -0.388 e. The van der Waals surface area contributed by atoms with Crippen LogP contribution >= 0.6 is 0 Å². The van der Waals surface area contributed by atoms with Crippen LogP contribution in [0.1, 0.15) is 16.9 Å². The Balaban J connectivity index is 2.16. The lowest BCUT2D eigenvalue weighted by molar-refractivity contribution is -0.384. The van der Waals surface area contributed by atoms with Gasteiger partial charge in [0.25, 0.3) is 11.6 Å². The van der Waals surface area contributed by atoms with Gasteiger partial charge >= 0.3 is 0 Å². The molecule has 20 heavy (non-hydrogen) atoms. The Morgan fingerprint density at radius 3 is 2.85 bits per heavy atom. The maximum atomic E-state index is 11.8. The number of aromatic nitrogens is 1. The molecule has 0 aliphatic heterocycles. The molecule has 0 fully saturated rings. The van der Waals surface area contributed by atoms with Gasteiger partial charge in [0.05, 0.1) is 10.8 Å². The summed E-state index contributed by atoms with van der Waals surface area (Å²) in [6.07, 6.45) is 0.275. The highest BCUT2D eigenvalue weighted by Crippen LogP contribution is 2.21. The predicted molar refractivity (Wildman–Crippen MR) is 73.8 cm³/mol. The van der Waals surface area contributed by atoms with E-state index in [4.69, 9.17) is 11.1 Å². The van der Waals surface area contributed by atoms with E-state index in [1.807, 2.05) is 0 Å². The number of H-pyrrole nitrogens is 1. The van der Waals surface area contributed by atoms with Gasteiger partial charge in [-0.05, 0) is 12.1 Å². The molecule has 5 N–H and O–H groups in total. The molecule has 0 unspecified atom stereocenters. The third-order valence-electron chi connectivity index (χ3n) is 2.74. The number of nitrogens with zero attached hydrogens (tertiary/aromatic N) is 1. The first kappa shape index (κ1) is 13.5. The molecule has 8 nitrogen and oxygen atoms in total. The van der Waals surface area contributed by atoms with Gasteiger partial charge < -0.3 is 16.0 Å². The number of nitro groups is 1. The predicted octanol–water partition coefficient (Wildman–Crippen LogP) is 1.13. The van der Waals surface area contributed by atoms with E-state index in [1.54, 1.807) is 12.1 Å². The van der Waals surface area contributed by atoms with E-state index < -0.39 is 4.92 Å². The molecule has 0 aliphatic rings. The van der Waals surface area contributed by atoms with Gasteiger partial charge in [0.15, 0.2) is 0 Å². The topological polar surface area (TPSA) is 138 Å². The van der Waals surface area contributed by atoms with Crippen molar-refractivity contribution in [2.45, 2.75) is 6.42 Å². The number of non-ortho nitro benzene ring substituents is 1. The Hall–Kier alpha value is -2.90. The molecule has 0 saturated carbocycles. The molecule has 104 valence electrons. The zero-order chi connectivity index (χ0) is 14.7. The number of amidine groups is 1. The lowest BCUT2D eigenvalue weighted by Gasteiger charge is -2.01. The zero-order valence-electron chi connectivity index (χ0n) is 10.5. The summed E-state index contributed by atoms with van der Waals surface area (Å²) in [5, 5.41) is 20.9. The van der Waals surface area contributed by atoms with Crippen LogP contribution in [-0.4, -0.2) is 28.2 Å². The second kappa shape index (κ2) is 5.39. The second-order valence-electron chi connectivity index (χ2n) is 4.24. The van der Waals surface area contributed by atoms with E-state index in [-0.39, 0.29) is 30.4 Å². The van der Waals surface area contributed by atoms with E-state index in [0.717, 1.165) is 0 Å². The second-order valence-corrected chi connectivity index (χ2v) is 4.24. The summed E-state index contributed by atoms with van der Waals surface area (Å²) in [6, 6.07) is 5.87. The minimum atomic E-state index is -0.487. The van der Waals surface area contributed by atoms with Crippen LogP contribution in [0.3, 0.4) is 0 Å². The smallest absolute Gasteiger partial charge is 0.270 e. The first-order valence-electron chi connectivity index (χ1n) is 5.85. The molecular weight excluding hydrogens is 262 g/mol. The van der Waals surface area contributed by atoms with Crippen molar-refractivity contribution < 1.29 is 9.72 Å². The van der Waals surface area contributed by atoms with Crippen molar-refractivity contribution in [3.8, 4) is 0 Å². The lowest BCUT2D eigenvalue weighted by atomic mass is 10.2. The normalized spacial score (nSPS) is 10.4. The van der Waals surface area contributed by atoms with Gasteiger partial charge in [-0.25, -0.2) is 0 Å². The van der Waals surface area contributed by atoms with Crippen LogP contribution in [0.2, 0.25) is 0 Å². The maximum Gasteiger partial charge on any atom is 0.270 e. The average molecular weight is 275 g/mol. The van der Waals surface area contributed by atoms with Crippen LogP contribution in [0.25, 0.3) is 10.9 Å². The fourth-order valence-corrected chi connectivity index (χ4v) is 1.76. The Kier molecular flexibility index (Phi) is 3.65. The van der Waals surface area contributed by atoms with Crippen LogP contribution in [0.4, 0.5) is 5.69 Å².